The van der Waals surface area contributed by atoms with Gasteiger partial charge in [0.05, 0.1) is 0 Å². The van der Waals surface area contributed by atoms with Gasteiger partial charge in [0.2, 0.25) is 0 Å². The number of rotatable bonds is 3. The first-order chi connectivity index (χ1) is 6.59. The minimum Gasteiger partial charge on any atom is -0.241 e. The van der Waals surface area contributed by atoms with E-state index < -0.39 is 11.9 Å². The first-order valence-electron chi connectivity index (χ1n) is 3.90. The Bertz CT molecular complexity index is 348. The van der Waals surface area contributed by atoms with Crippen LogP contribution in [0.3, 0.4) is 0 Å². The largest absolute Gasteiger partial charge is 0.301 e. The van der Waals surface area contributed by atoms with E-state index in [1.165, 1.54) is 0 Å². The van der Waals surface area contributed by atoms with Gasteiger partial charge in [-0.2, -0.15) is 8.78 Å². The fourth-order valence-electron chi connectivity index (χ4n) is 0.922. The molecular weight excluding hydrogens is 215 g/mol. The van der Waals surface area contributed by atoms with Gasteiger partial charge in [0, 0.05) is 12.1 Å². The highest BCUT2D eigenvalue weighted by atomic mass is 35.5. The van der Waals surface area contributed by atoms with Gasteiger partial charge in [-0.3, -0.25) is 0 Å². The van der Waals surface area contributed by atoms with E-state index in [2.05, 4.69) is 4.98 Å². The van der Waals surface area contributed by atoms with E-state index in [-0.39, 0.29) is 18.0 Å². The van der Waals surface area contributed by atoms with Crippen molar-refractivity contribution in [2.24, 2.45) is 0 Å². The van der Waals surface area contributed by atoms with Gasteiger partial charge in [0.1, 0.15) is 5.15 Å². The third-order valence-electron chi connectivity index (χ3n) is 1.58. The average Bonchev–Trinajstić information content (AvgIpc) is 2.14. The van der Waals surface area contributed by atoms with Gasteiger partial charge in [-0.25, -0.2) is 9.37 Å². The number of allylic oxidation sites excluding steroid dienone is 1. The van der Waals surface area contributed by atoms with E-state index in [0.717, 1.165) is 0 Å². The lowest BCUT2D eigenvalue weighted by molar-refractivity contribution is 0.370. The molecule has 0 bridgehead atoms. The molecule has 1 rings (SSSR count). The average molecular weight is 222 g/mol. The second-order valence-electron chi connectivity index (χ2n) is 2.62. The molecule has 1 aromatic heterocycles. The lowest BCUT2D eigenvalue weighted by atomic mass is 10.2. The number of hydrogen-bond donors (Lipinski definition) is 0. The Kier molecular flexibility index (Phi) is 3.95. The van der Waals surface area contributed by atoms with Crippen LogP contribution in [0.2, 0.25) is 5.15 Å². The minimum absolute atomic E-state index is 0.115. The summed E-state index contributed by atoms with van der Waals surface area (Å²) in [5.41, 5.74) is 0.494. The van der Waals surface area contributed by atoms with Crippen LogP contribution in [-0.2, 0) is 6.42 Å². The van der Waals surface area contributed by atoms with Crippen molar-refractivity contribution in [3.05, 3.63) is 41.0 Å². The number of pyridine rings is 1. The number of hydrogen-bond acceptors (Lipinski definition) is 1. The molecule has 0 aliphatic carbocycles. The van der Waals surface area contributed by atoms with Gasteiger partial charge in [-0.1, -0.05) is 17.7 Å². The van der Waals surface area contributed by atoms with Crippen molar-refractivity contribution in [3.8, 4) is 0 Å². The summed E-state index contributed by atoms with van der Waals surface area (Å²) >= 11 is 5.56. The zero-order chi connectivity index (χ0) is 10.6. The lowest BCUT2D eigenvalue weighted by Gasteiger charge is -1.98. The Morgan fingerprint density at radius 3 is 2.57 bits per heavy atom. The highest BCUT2D eigenvalue weighted by Gasteiger charge is 2.05. The van der Waals surface area contributed by atoms with Crippen LogP contribution in [0, 0.1) is 0 Å². The molecule has 0 radical (unpaired) electrons. The molecule has 0 aliphatic heterocycles. The third kappa shape index (κ3) is 3.38. The quantitative estimate of drug-likeness (QED) is 0.709. The van der Waals surface area contributed by atoms with E-state index in [1.807, 2.05) is 0 Å². The van der Waals surface area contributed by atoms with Crippen LogP contribution < -0.4 is 0 Å². The van der Waals surface area contributed by atoms with Crippen molar-refractivity contribution in [2.45, 2.75) is 12.8 Å². The van der Waals surface area contributed by atoms with Crippen molar-refractivity contribution in [2.75, 3.05) is 0 Å². The predicted molar refractivity (Wildman–Crippen MR) is 47.9 cm³/mol. The van der Waals surface area contributed by atoms with Gasteiger partial charge in [0.25, 0.3) is 0 Å². The Labute approximate surface area is 84.2 Å². The maximum atomic E-state index is 12.4. The molecule has 1 heterocycles. The summed E-state index contributed by atoms with van der Waals surface area (Å²) in [7, 11) is 0. The third-order valence-corrected chi connectivity index (χ3v) is 1.79. The fourth-order valence-corrected chi connectivity index (χ4v) is 1.10. The summed E-state index contributed by atoms with van der Waals surface area (Å²) < 4.78 is 35.7. The standard InChI is InChI=1S/C9H7ClF3N/c10-8-3-1-2-6(14-8)4-5-7(11)9(12)13/h1-3H,4-5H2. The second kappa shape index (κ2) is 5.00. The summed E-state index contributed by atoms with van der Waals surface area (Å²) in [6.45, 7) is 0. The van der Waals surface area contributed by atoms with Gasteiger partial charge in [-0.15, -0.1) is 0 Å². The van der Waals surface area contributed by atoms with E-state index in [9.17, 15) is 13.2 Å². The van der Waals surface area contributed by atoms with Crippen LogP contribution >= 0.6 is 11.6 Å². The Hall–Kier alpha value is -1.03. The maximum Gasteiger partial charge on any atom is 0.301 e. The normalized spacial score (nSPS) is 10.0. The molecule has 0 unspecified atom stereocenters. The smallest absolute Gasteiger partial charge is 0.241 e. The predicted octanol–water partition coefficient (Wildman–Crippen LogP) is 3.75. The highest BCUT2D eigenvalue weighted by Crippen LogP contribution is 2.16. The number of aryl methyl sites for hydroxylation is 1. The number of nitrogens with zero attached hydrogens (tertiary/aromatic N) is 1. The SMILES string of the molecule is FC(F)=C(F)CCc1cccc(Cl)n1. The van der Waals surface area contributed by atoms with Crippen LogP contribution in [0.1, 0.15) is 12.1 Å². The fraction of sp³-hybridized carbons (Fsp3) is 0.222. The molecule has 0 amide bonds. The van der Waals surface area contributed by atoms with Crippen molar-refractivity contribution >= 4 is 11.6 Å². The summed E-state index contributed by atoms with van der Waals surface area (Å²) in [6.07, 6.45) is -2.51. The molecule has 0 fully saturated rings. The molecule has 0 aliphatic rings. The monoisotopic (exact) mass is 221 g/mol. The van der Waals surface area contributed by atoms with E-state index in [4.69, 9.17) is 11.6 Å². The zero-order valence-corrected chi connectivity index (χ0v) is 7.86. The van der Waals surface area contributed by atoms with Crippen molar-refractivity contribution in [3.63, 3.8) is 0 Å². The Morgan fingerprint density at radius 1 is 1.29 bits per heavy atom. The molecule has 0 N–H and O–H groups in total. The van der Waals surface area contributed by atoms with Gasteiger partial charge >= 0.3 is 6.08 Å². The molecule has 5 heteroatoms. The van der Waals surface area contributed by atoms with Crippen LogP contribution in [0.25, 0.3) is 0 Å². The lowest BCUT2D eigenvalue weighted by Crippen LogP contribution is -1.90. The molecule has 0 saturated heterocycles. The Balaban J connectivity index is 2.59. The van der Waals surface area contributed by atoms with Crippen LogP contribution in [0.4, 0.5) is 13.2 Å². The van der Waals surface area contributed by atoms with Crippen molar-refractivity contribution in [1.29, 1.82) is 0 Å². The molecule has 76 valence electrons. The second-order valence-corrected chi connectivity index (χ2v) is 3.00. The van der Waals surface area contributed by atoms with Gasteiger partial charge in [0.15, 0.2) is 5.83 Å². The topological polar surface area (TPSA) is 12.9 Å². The molecule has 0 saturated carbocycles. The molecule has 0 spiro atoms. The van der Waals surface area contributed by atoms with Crippen molar-refractivity contribution in [1.82, 2.24) is 4.98 Å². The van der Waals surface area contributed by atoms with E-state index >= 15 is 0 Å². The summed E-state index contributed by atoms with van der Waals surface area (Å²) in [6, 6.07) is 4.81. The number of halogens is 4. The first-order valence-corrected chi connectivity index (χ1v) is 4.28. The van der Waals surface area contributed by atoms with Gasteiger partial charge in [-0.05, 0) is 18.6 Å². The van der Waals surface area contributed by atoms with Crippen LogP contribution in [-0.4, -0.2) is 4.98 Å². The highest BCUT2D eigenvalue weighted by molar-refractivity contribution is 6.29. The first kappa shape index (κ1) is 11.0. The van der Waals surface area contributed by atoms with E-state index in [0.29, 0.717) is 5.69 Å². The molecule has 1 aromatic rings. The molecule has 14 heavy (non-hydrogen) atoms. The number of aromatic nitrogens is 1. The summed E-state index contributed by atoms with van der Waals surface area (Å²) in [5.74, 6) is -1.40. The molecular formula is C9H7ClF3N. The summed E-state index contributed by atoms with van der Waals surface area (Å²) in [5, 5.41) is 0.271. The Morgan fingerprint density at radius 2 is 2.00 bits per heavy atom. The molecule has 1 nitrogen and oxygen atoms in total. The maximum absolute atomic E-state index is 12.4. The molecule has 0 atom stereocenters. The molecule has 0 aromatic carbocycles. The minimum atomic E-state index is -2.27. The van der Waals surface area contributed by atoms with E-state index in [1.54, 1.807) is 18.2 Å². The van der Waals surface area contributed by atoms with Gasteiger partial charge < -0.3 is 0 Å². The van der Waals surface area contributed by atoms with Crippen LogP contribution in [0.5, 0.6) is 0 Å². The zero-order valence-electron chi connectivity index (χ0n) is 7.11. The van der Waals surface area contributed by atoms with Crippen LogP contribution in [0.15, 0.2) is 30.1 Å². The summed E-state index contributed by atoms with van der Waals surface area (Å²) in [4.78, 5) is 3.84. The van der Waals surface area contributed by atoms with Crippen molar-refractivity contribution < 1.29 is 13.2 Å².